The van der Waals surface area contributed by atoms with Gasteiger partial charge in [0.25, 0.3) is 0 Å². The van der Waals surface area contributed by atoms with Crippen molar-refractivity contribution in [3.05, 3.63) is 54.9 Å². The van der Waals surface area contributed by atoms with Crippen LogP contribution in [0.15, 0.2) is 22.0 Å². The molecule has 1 heterocycles. The lowest BCUT2D eigenvalue weighted by atomic mass is 10.1. The van der Waals surface area contributed by atoms with Gasteiger partial charge in [-0.3, -0.25) is 0 Å². The Kier molecular flexibility index (Phi) is 4.01. The molecule has 0 aliphatic carbocycles. The molecule has 0 bridgehead atoms. The minimum atomic E-state index is -1.53. The van der Waals surface area contributed by atoms with Crippen LogP contribution in [-0.2, 0) is 0 Å². The van der Waals surface area contributed by atoms with Crippen LogP contribution in [0.4, 0.5) is 13.2 Å². The molecule has 2 aromatic rings. The Morgan fingerprint density at radius 1 is 1.17 bits per heavy atom. The van der Waals surface area contributed by atoms with E-state index in [0.717, 1.165) is 11.3 Å². The number of hydrogen-bond acceptors (Lipinski definition) is 2. The fourth-order valence-electron chi connectivity index (χ4n) is 1.45. The summed E-state index contributed by atoms with van der Waals surface area (Å²) in [6, 6.07) is 2.43. The highest BCUT2D eigenvalue weighted by Gasteiger charge is 2.23. The second-order valence-corrected chi connectivity index (χ2v) is 6.26. The van der Waals surface area contributed by atoms with Gasteiger partial charge in [0.15, 0.2) is 0 Å². The number of aliphatic hydroxyl groups is 1. The monoisotopic (exact) mass is 356 g/mol. The number of hydrogen-bond donors (Lipinski definition) is 1. The van der Waals surface area contributed by atoms with Crippen LogP contribution in [0.25, 0.3) is 0 Å². The highest BCUT2D eigenvalue weighted by Crippen LogP contribution is 2.38. The molecule has 0 amide bonds. The molecule has 0 spiro atoms. The van der Waals surface area contributed by atoms with Crippen LogP contribution in [-0.4, -0.2) is 5.11 Å². The fourth-order valence-corrected chi connectivity index (χ4v) is 3.20. The third-order valence-electron chi connectivity index (χ3n) is 2.25. The van der Waals surface area contributed by atoms with Crippen molar-refractivity contribution in [1.82, 2.24) is 0 Å². The van der Waals surface area contributed by atoms with Crippen LogP contribution < -0.4 is 0 Å². The van der Waals surface area contributed by atoms with E-state index < -0.39 is 29.1 Å². The maximum atomic E-state index is 13.5. The lowest BCUT2D eigenvalue weighted by Crippen LogP contribution is -2.05. The highest BCUT2D eigenvalue weighted by atomic mass is 79.9. The quantitative estimate of drug-likeness (QED) is 0.828. The van der Waals surface area contributed by atoms with E-state index in [1.54, 1.807) is 0 Å². The third-order valence-corrected chi connectivity index (χ3v) is 4.78. The van der Waals surface area contributed by atoms with Gasteiger partial charge in [-0.15, -0.1) is 11.3 Å². The van der Waals surface area contributed by atoms with Crippen molar-refractivity contribution < 1.29 is 18.3 Å². The molecule has 0 fully saturated rings. The molecule has 7 heteroatoms. The maximum Gasteiger partial charge on any atom is 0.135 e. The summed E-state index contributed by atoms with van der Waals surface area (Å²) in [5.41, 5.74) is -0.596. The Hall–Kier alpha value is -0.560. The first-order chi connectivity index (χ1) is 8.40. The van der Waals surface area contributed by atoms with Crippen LogP contribution in [0.1, 0.15) is 16.5 Å². The van der Waals surface area contributed by atoms with Crippen molar-refractivity contribution in [3.8, 4) is 0 Å². The molecule has 0 aliphatic heterocycles. The Bertz CT molecular complexity index is 559. The topological polar surface area (TPSA) is 20.2 Å². The summed E-state index contributed by atoms with van der Waals surface area (Å²) in [4.78, 5) is 0.260. The molecule has 96 valence electrons. The fraction of sp³-hybridized carbons (Fsp3) is 0.0909. The van der Waals surface area contributed by atoms with Gasteiger partial charge in [-0.2, -0.15) is 0 Å². The van der Waals surface area contributed by atoms with Crippen LogP contribution >= 0.6 is 38.9 Å². The van der Waals surface area contributed by atoms with Gasteiger partial charge < -0.3 is 5.11 Å². The Balaban J connectivity index is 2.49. The van der Waals surface area contributed by atoms with Gasteiger partial charge >= 0.3 is 0 Å². The number of benzene rings is 1. The summed E-state index contributed by atoms with van der Waals surface area (Å²) in [7, 11) is 0. The number of rotatable bonds is 2. The van der Waals surface area contributed by atoms with E-state index in [1.807, 2.05) is 0 Å². The van der Waals surface area contributed by atoms with Crippen molar-refractivity contribution in [2.45, 2.75) is 6.10 Å². The predicted octanol–water partition coefficient (Wildman–Crippen LogP) is 4.66. The average Bonchev–Trinajstić information content (AvgIpc) is 2.57. The Labute approximate surface area is 118 Å². The summed E-state index contributed by atoms with van der Waals surface area (Å²) >= 11 is 9.95. The molecule has 1 nitrogen and oxygen atoms in total. The van der Waals surface area contributed by atoms with Gasteiger partial charge in [-0.05, 0) is 22.0 Å². The number of halogens is 5. The largest absolute Gasteiger partial charge is 0.383 e. The third kappa shape index (κ3) is 2.56. The van der Waals surface area contributed by atoms with Gasteiger partial charge in [-0.25, -0.2) is 13.2 Å². The Morgan fingerprint density at radius 2 is 1.72 bits per heavy atom. The smallest absolute Gasteiger partial charge is 0.135 e. The van der Waals surface area contributed by atoms with Crippen molar-refractivity contribution in [1.29, 1.82) is 0 Å². The van der Waals surface area contributed by atoms with E-state index in [4.69, 9.17) is 11.6 Å². The van der Waals surface area contributed by atoms with E-state index >= 15 is 0 Å². The van der Waals surface area contributed by atoms with Crippen LogP contribution in [0.5, 0.6) is 0 Å². The zero-order valence-corrected chi connectivity index (χ0v) is 11.7. The lowest BCUT2D eigenvalue weighted by molar-refractivity contribution is 0.212. The predicted molar refractivity (Wildman–Crippen MR) is 67.4 cm³/mol. The van der Waals surface area contributed by atoms with Crippen molar-refractivity contribution in [3.63, 3.8) is 0 Å². The first-order valence-electron chi connectivity index (χ1n) is 4.67. The summed E-state index contributed by atoms with van der Waals surface area (Å²) in [5.74, 6) is -3.31. The Morgan fingerprint density at radius 3 is 2.17 bits per heavy atom. The molecule has 2 rings (SSSR count). The zero-order valence-electron chi connectivity index (χ0n) is 8.55. The number of aliphatic hydroxyl groups excluding tert-OH is 1. The van der Waals surface area contributed by atoms with Crippen molar-refractivity contribution in [2.24, 2.45) is 0 Å². The van der Waals surface area contributed by atoms with Crippen molar-refractivity contribution in [2.75, 3.05) is 0 Å². The molecular weight excluding hydrogens is 353 g/mol. The number of thiophene rings is 1. The van der Waals surface area contributed by atoms with E-state index in [0.29, 0.717) is 20.9 Å². The van der Waals surface area contributed by atoms with Crippen LogP contribution in [0, 0.1) is 17.5 Å². The molecular formula is C11H5BrClF3OS. The summed E-state index contributed by atoms with van der Waals surface area (Å²) in [5, 5.41) is 10.2. The first kappa shape index (κ1) is 13.9. The zero-order chi connectivity index (χ0) is 13.4. The summed E-state index contributed by atoms with van der Waals surface area (Å²) < 4.78 is 40.2. The van der Waals surface area contributed by atoms with Gasteiger partial charge in [0.05, 0.1) is 14.4 Å². The highest BCUT2D eigenvalue weighted by molar-refractivity contribution is 9.11. The average molecular weight is 358 g/mol. The minimum Gasteiger partial charge on any atom is -0.383 e. The molecule has 1 atom stereocenters. The molecule has 0 saturated heterocycles. The molecule has 1 aromatic heterocycles. The van der Waals surface area contributed by atoms with E-state index in [-0.39, 0.29) is 4.88 Å². The van der Waals surface area contributed by atoms with E-state index in [9.17, 15) is 18.3 Å². The van der Waals surface area contributed by atoms with E-state index in [1.165, 1.54) is 6.07 Å². The molecule has 1 aromatic carbocycles. The maximum absolute atomic E-state index is 13.5. The second-order valence-electron chi connectivity index (χ2n) is 3.46. The molecule has 1 N–H and O–H groups in total. The van der Waals surface area contributed by atoms with Gasteiger partial charge in [0, 0.05) is 17.0 Å². The molecule has 0 saturated carbocycles. The molecule has 18 heavy (non-hydrogen) atoms. The summed E-state index contributed by atoms with van der Waals surface area (Å²) in [6.45, 7) is 0. The van der Waals surface area contributed by atoms with E-state index in [2.05, 4.69) is 15.9 Å². The standard InChI is InChI=1S/C11H5BrClF3OS/c12-11-5(13)3-8(18-11)10(17)9-6(15)1-4(14)2-7(9)16/h1-3,10,17H. The summed E-state index contributed by atoms with van der Waals surface area (Å²) in [6.07, 6.45) is -1.53. The minimum absolute atomic E-state index is 0.260. The van der Waals surface area contributed by atoms with Crippen molar-refractivity contribution >= 4 is 38.9 Å². The normalized spacial score (nSPS) is 12.8. The lowest BCUT2D eigenvalue weighted by Gasteiger charge is -2.11. The second kappa shape index (κ2) is 5.21. The van der Waals surface area contributed by atoms with Crippen LogP contribution in [0.2, 0.25) is 5.02 Å². The van der Waals surface area contributed by atoms with Gasteiger partial charge in [0.1, 0.15) is 23.6 Å². The van der Waals surface area contributed by atoms with Gasteiger partial charge in [0.2, 0.25) is 0 Å². The van der Waals surface area contributed by atoms with Crippen LogP contribution in [0.3, 0.4) is 0 Å². The SMILES string of the molecule is OC(c1cc(Cl)c(Br)s1)c1c(F)cc(F)cc1F. The molecule has 1 unspecified atom stereocenters. The molecule has 0 radical (unpaired) electrons. The first-order valence-corrected chi connectivity index (χ1v) is 6.66. The van der Waals surface area contributed by atoms with Gasteiger partial charge in [-0.1, -0.05) is 11.6 Å². The molecule has 0 aliphatic rings.